The lowest BCUT2D eigenvalue weighted by Crippen LogP contribution is -2.10. The van der Waals surface area contributed by atoms with Crippen LogP contribution >= 0.6 is 0 Å². The Morgan fingerprint density at radius 3 is 1.58 bits per heavy atom. The summed E-state index contributed by atoms with van der Waals surface area (Å²) in [5.41, 5.74) is 2.97. The van der Waals surface area contributed by atoms with E-state index in [-0.39, 0.29) is 11.9 Å². The van der Waals surface area contributed by atoms with Crippen LogP contribution in [0.2, 0.25) is 0 Å². The molecule has 0 heterocycles. The number of esters is 3. The van der Waals surface area contributed by atoms with Gasteiger partial charge in [0.05, 0.1) is 24.8 Å². The number of hydrogen-bond donors (Lipinski definition) is 0. The fourth-order valence-corrected chi connectivity index (χ4v) is 4.76. The summed E-state index contributed by atoms with van der Waals surface area (Å²) in [7, 11) is 1.63. The Hall–Kier alpha value is -4.91. The van der Waals surface area contributed by atoms with Gasteiger partial charge < -0.3 is 18.9 Å². The average Bonchev–Trinajstić information content (AvgIpc) is 3.08. The van der Waals surface area contributed by atoms with Crippen molar-refractivity contribution in [3.05, 3.63) is 114 Å². The molecule has 0 aromatic heterocycles. The highest BCUT2D eigenvalue weighted by atomic mass is 16.5. The Morgan fingerprint density at radius 1 is 0.489 bits per heavy atom. The lowest BCUT2D eigenvalue weighted by atomic mass is 10.1. The van der Waals surface area contributed by atoms with E-state index in [0.29, 0.717) is 35.7 Å². The van der Waals surface area contributed by atoms with Gasteiger partial charge in [-0.2, -0.15) is 0 Å². The van der Waals surface area contributed by atoms with E-state index < -0.39 is 5.97 Å². The van der Waals surface area contributed by atoms with Crippen molar-refractivity contribution in [1.29, 1.82) is 0 Å². The summed E-state index contributed by atoms with van der Waals surface area (Å²) in [6.07, 6.45) is 8.40. The first-order valence-corrected chi connectivity index (χ1v) is 15.5. The molecule has 7 heteroatoms. The van der Waals surface area contributed by atoms with Crippen LogP contribution in [-0.4, -0.2) is 31.6 Å². The van der Waals surface area contributed by atoms with Crippen molar-refractivity contribution in [2.75, 3.05) is 13.7 Å². The van der Waals surface area contributed by atoms with E-state index in [2.05, 4.69) is 0 Å². The Bertz CT molecular complexity index is 1480. The van der Waals surface area contributed by atoms with Crippen LogP contribution < -0.4 is 14.2 Å². The van der Waals surface area contributed by atoms with Gasteiger partial charge in [-0.05, 0) is 84.6 Å². The number of unbranched alkanes of at least 4 members (excludes halogenated alkanes) is 7. The molecule has 0 saturated carbocycles. The van der Waals surface area contributed by atoms with Crippen molar-refractivity contribution in [3.8, 4) is 28.4 Å². The molecule has 0 N–H and O–H groups in total. The van der Waals surface area contributed by atoms with Crippen molar-refractivity contribution in [1.82, 2.24) is 0 Å². The van der Waals surface area contributed by atoms with Crippen LogP contribution in [0.3, 0.4) is 0 Å². The lowest BCUT2D eigenvalue weighted by molar-refractivity contribution is -0.134. The summed E-state index contributed by atoms with van der Waals surface area (Å²) in [5, 5.41) is 0. The Labute approximate surface area is 265 Å². The van der Waals surface area contributed by atoms with Crippen molar-refractivity contribution in [3.63, 3.8) is 0 Å². The van der Waals surface area contributed by atoms with Gasteiger partial charge in [-0.3, -0.25) is 4.79 Å². The molecule has 4 aromatic rings. The fourth-order valence-electron chi connectivity index (χ4n) is 4.76. The molecule has 45 heavy (non-hydrogen) atoms. The van der Waals surface area contributed by atoms with Gasteiger partial charge in [-0.25, -0.2) is 9.59 Å². The highest BCUT2D eigenvalue weighted by Gasteiger charge is 2.11. The standard InChI is InChI=1S/C38H40O7/c1-42-33-22-16-29(17-23-33)30-18-24-35(25-19-30)45-38(41)32-20-26-34(27-21-32)44-36(39)15-11-6-4-2-3-5-7-12-28-43-37(40)31-13-9-8-10-14-31/h8-10,13-14,16-27H,2-7,11-12,15,28H2,1H3. The van der Waals surface area contributed by atoms with Crippen LogP contribution in [0.1, 0.15) is 78.5 Å². The number of benzene rings is 4. The zero-order chi connectivity index (χ0) is 31.7. The molecule has 0 amide bonds. The number of carbonyl (C=O) groups is 3. The highest BCUT2D eigenvalue weighted by Crippen LogP contribution is 2.25. The van der Waals surface area contributed by atoms with Crippen molar-refractivity contribution in [2.24, 2.45) is 0 Å². The van der Waals surface area contributed by atoms with E-state index in [0.717, 1.165) is 68.2 Å². The monoisotopic (exact) mass is 608 g/mol. The van der Waals surface area contributed by atoms with E-state index >= 15 is 0 Å². The number of hydrogen-bond acceptors (Lipinski definition) is 7. The molecule has 0 aliphatic carbocycles. The lowest BCUT2D eigenvalue weighted by Gasteiger charge is -2.08. The van der Waals surface area contributed by atoms with Crippen LogP contribution in [0, 0.1) is 0 Å². The Kier molecular flexibility index (Phi) is 13.2. The van der Waals surface area contributed by atoms with E-state index in [1.807, 2.05) is 54.6 Å². The van der Waals surface area contributed by atoms with Gasteiger partial charge in [0.1, 0.15) is 17.2 Å². The zero-order valence-corrected chi connectivity index (χ0v) is 25.7. The molecule has 234 valence electrons. The third-order valence-electron chi connectivity index (χ3n) is 7.33. The summed E-state index contributed by atoms with van der Waals surface area (Å²) in [6, 6.07) is 30.4. The first-order chi connectivity index (χ1) is 22.0. The van der Waals surface area contributed by atoms with Crippen LogP contribution in [0.25, 0.3) is 11.1 Å². The van der Waals surface area contributed by atoms with E-state index in [1.54, 1.807) is 55.6 Å². The molecule has 7 nitrogen and oxygen atoms in total. The molecule has 0 fully saturated rings. The second kappa shape index (κ2) is 18.0. The number of rotatable bonds is 17. The Morgan fingerprint density at radius 2 is 0.978 bits per heavy atom. The highest BCUT2D eigenvalue weighted by molar-refractivity contribution is 5.91. The number of carbonyl (C=O) groups excluding carboxylic acids is 3. The summed E-state index contributed by atoms with van der Waals surface area (Å²) >= 11 is 0. The second-order valence-electron chi connectivity index (χ2n) is 10.7. The molecule has 0 spiro atoms. The summed E-state index contributed by atoms with van der Waals surface area (Å²) in [4.78, 5) is 36.8. The second-order valence-corrected chi connectivity index (χ2v) is 10.7. The summed E-state index contributed by atoms with van der Waals surface area (Å²) in [5.74, 6) is 0.585. The first-order valence-electron chi connectivity index (χ1n) is 15.5. The predicted octanol–water partition coefficient (Wildman–Crippen LogP) is 8.85. The third-order valence-corrected chi connectivity index (χ3v) is 7.33. The molecule has 4 rings (SSSR count). The summed E-state index contributed by atoms with van der Waals surface area (Å²) in [6.45, 7) is 0.448. The minimum atomic E-state index is -0.489. The van der Waals surface area contributed by atoms with Gasteiger partial charge in [0.2, 0.25) is 0 Å². The predicted molar refractivity (Wildman–Crippen MR) is 174 cm³/mol. The van der Waals surface area contributed by atoms with Crippen molar-refractivity contribution < 1.29 is 33.3 Å². The van der Waals surface area contributed by atoms with Crippen LogP contribution in [0.5, 0.6) is 17.2 Å². The molecule has 4 aromatic carbocycles. The maximum Gasteiger partial charge on any atom is 0.343 e. The molecule has 0 bridgehead atoms. The fraction of sp³-hybridized carbons (Fsp3) is 0.289. The van der Waals surface area contributed by atoms with Gasteiger partial charge in [0.15, 0.2) is 0 Å². The first kappa shape index (κ1) is 33.0. The van der Waals surface area contributed by atoms with Crippen LogP contribution in [-0.2, 0) is 9.53 Å². The third kappa shape index (κ3) is 11.3. The van der Waals surface area contributed by atoms with Gasteiger partial charge >= 0.3 is 17.9 Å². The van der Waals surface area contributed by atoms with Gasteiger partial charge in [0, 0.05) is 6.42 Å². The normalized spacial score (nSPS) is 10.6. The van der Waals surface area contributed by atoms with E-state index in [9.17, 15) is 14.4 Å². The van der Waals surface area contributed by atoms with E-state index in [1.165, 1.54) is 0 Å². The quantitative estimate of drug-likeness (QED) is 0.0672. The largest absolute Gasteiger partial charge is 0.497 e. The molecular weight excluding hydrogens is 568 g/mol. The maximum atomic E-state index is 12.6. The van der Waals surface area contributed by atoms with Gasteiger partial charge in [-0.1, -0.05) is 81.0 Å². The van der Waals surface area contributed by atoms with Crippen molar-refractivity contribution in [2.45, 2.75) is 57.8 Å². The molecule has 0 atom stereocenters. The molecule has 0 radical (unpaired) electrons. The summed E-state index contributed by atoms with van der Waals surface area (Å²) < 4.78 is 21.4. The molecule has 0 aliphatic rings. The molecule has 0 unspecified atom stereocenters. The van der Waals surface area contributed by atoms with Gasteiger partial charge in [-0.15, -0.1) is 0 Å². The maximum absolute atomic E-state index is 12.6. The smallest absolute Gasteiger partial charge is 0.343 e. The topological polar surface area (TPSA) is 88.1 Å². The zero-order valence-electron chi connectivity index (χ0n) is 25.7. The van der Waals surface area contributed by atoms with Crippen LogP contribution in [0.4, 0.5) is 0 Å². The molecule has 0 saturated heterocycles. The van der Waals surface area contributed by atoms with Crippen molar-refractivity contribution >= 4 is 17.9 Å². The van der Waals surface area contributed by atoms with E-state index in [4.69, 9.17) is 18.9 Å². The minimum Gasteiger partial charge on any atom is -0.497 e. The molecular formula is C38H40O7. The minimum absolute atomic E-state index is 0.268. The number of ether oxygens (including phenoxy) is 4. The van der Waals surface area contributed by atoms with Crippen LogP contribution in [0.15, 0.2) is 103 Å². The molecule has 0 aliphatic heterocycles. The Balaban J connectivity index is 1.04. The number of methoxy groups -OCH3 is 1. The average molecular weight is 609 g/mol. The SMILES string of the molecule is COc1ccc(-c2ccc(OC(=O)c3ccc(OC(=O)CCCCCCCCCCOC(=O)c4ccccc4)cc3)cc2)cc1. The van der Waals surface area contributed by atoms with Gasteiger partial charge in [0.25, 0.3) is 0 Å².